The van der Waals surface area contributed by atoms with Crippen LogP contribution in [0.15, 0.2) is 30.3 Å². The van der Waals surface area contributed by atoms with Gasteiger partial charge in [-0.2, -0.15) is 5.10 Å². The van der Waals surface area contributed by atoms with Crippen LogP contribution in [0, 0.1) is 11.8 Å². The van der Waals surface area contributed by atoms with Crippen LogP contribution < -0.4 is 10.6 Å². The molecule has 1 aromatic heterocycles. The molecule has 0 aliphatic carbocycles. The molecule has 6 nitrogen and oxygen atoms in total. The summed E-state index contributed by atoms with van der Waals surface area (Å²) < 4.78 is 7.79. The highest BCUT2D eigenvalue weighted by atomic mass is 16.5. The molecule has 2 fully saturated rings. The molecule has 0 bridgehead atoms. The van der Waals surface area contributed by atoms with Crippen LogP contribution in [-0.2, 0) is 14.9 Å². The van der Waals surface area contributed by atoms with Crippen LogP contribution >= 0.6 is 0 Å². The van der Waals surface area contributed by atoms with Crippen molar-refractivity contribution in [3.63, 3.8) is 0 Å². The van der Waals surface area contributed by atoms with Gasteiger partial charge in [-0.05, 0) is 36.8 Å². The Hall–Kier alpha value is -2.34. The van der Waals surface area contributed by atoms with Crippen molar-refractivity contribution in [2.45, 2.75) is 65.0 Å². The van der Waals surface area contributed by atoms with Crippen LogP contribution in [0.4, 0.5) is 5.82 Å². The Kier molecular flexibility index (Phi) is 6.11. The van der Waals surface area contributed by atoms with Crippen LogP contribution in [0.25, 0.3) is 11.3 Å². The van der Waals surface area contributed by atoms with E-state index in [1.165, 1.54) is 11.1 Å². The first-order valence-electron chi connectivity index (χ1n) is 11.6. The van der Waals surface area contributed by atoms with E-state index in [0.29, 0.717) is 6.04 Å². The first-order chi connectivity index (χ1) is 14.7. The van der Waals surface area contributed by atoms with Crippen molar-refractivity contribution < 1.29 is 9.53 Å². The molecule has 168 valence electrons. The predicted molar refractivity (Wildman–Crippen MR) is 124 cm³/mol. The second kappa shape index (κ2) is 8.65. The van der Waals surface area contributed by atoms with E-state index in [2.05, 4.69) is 73.3 Å². The van der Waals surface area contributed by atoms with Crippen molar-refractivity contribution in [1.29, 1.82) is 0 Å². The van der Waals surface area contributed by atoms with Crippen molar-refractivity contribution in [3.05, 3.63) is 35.9 Å². The number of rotatable bonds is 5. The summed E-state index contributed by atoms with van der Waals surface area (Å²) in [6, 6.07) is 11.5. The smallest absolute Gasteiger partial charge is 0.223 e. The molecular weight excluding hydrogens is 388 g/mol. The Morgan fingerprint density at radius 3 is 2.61 bits per heavy atom. The second-order valence-corrected chi connectivity index (χ2v) is 10.2. The van der Waals surface area contributed by atoms with Gasteiger partial charge in [-0.1, -0.05) is 45.9 Å². The van der Waals surface area contributed by atoms with E-state index in [1.54, 1.807) is 0 Å². The van der Waals surface area contributed by atoms with Crippen molar-refractivity contribution in [2.75, 3.05) is 25.1 Å². The Bertz CT molecular complexity index is 924. The zero-order valence-electron chi connectivity index (χ0n) is 19.4. The first kappa shape index (κ1) is 21.9. The normalized spacial score (nSPS) is 23.6. The van der Waals surface area contributed by atoms with E-state index in [4.69, 9.17) is 9.84 Å². The van der Waals surface area contributed by atoms with Gasteiger partial charge >= 0.3 is 0 Å². The van der Waals surface area contributed by atoms with Crippen molar-refractivity contribution >= 4 is 11.7 Å². The molecule has 31 heavy (non-hydrogen) atoms. The SMILES string of the molecule is CC(Nc1cc(-c2cccc(C(C)(C)C)c2)n(C2CCOCC2)n1)[C@H]1CNC(=O)[C@@H]1C. The minimum atomic E-state index is 0.0167. The van der Waals surface area contributed by atoms with E-state index in [9.17, 15) is 4.79 Å². The van der Waals surface area contributed by atoms with Gasteiger partial charge in [0.2, 0.25) is 5.91 Å². The molecule has 1 unspecified atom stereocenters. The topological polar surface area (TPSA) is 68.2 Å². The number of nitrogens with zero attached hydrogens (tertiary/aromatic N) is 2. The summed E-state index contributed by atoms with van der Waals surface area (Å²) in [6.07, 6.45) is 1.95. The highest BCUT2D eigenvalue weighted by Gasteiger charge is 2.35. The van der Waals surface area contributed by atoms with E-state index >= 15 is 0 Å². The average Bonchev–Trinajstić information content (AvgIpc) is 3.32. The van der Waals surface area contributed by atoms with Crippen LogP contribution in [-0.4, -0.2) is 41.5 Å². The summed E-state index contributed by atoms with van der Waals surface area (Å²) >= 11 is 0. The number of benzene rings is 1. The maximum Gasteiger partial charge on any atom is 0.223 e. The summed E-state index contributed by atoms with van der Waals surface area (Å²) in [4.78, 5) is 11.9. The van der Waals surface area contributed by atoms with Gasteiger partial charge in [0.05, 0.1) is 11.7 Å². The van der Waals surface area contributed by atoms with Gasteiger partial charge in [0.15, 0.2) is 0 Å². The van der Waals surface area contributed by atoms with E-state index in [0.717, 1.165) is 44.1 Å². The Morgan fingerprint density at radius 2 is 1.97 bits per heavy atom. The number of hydrogen-bond acceptors (Lipinski definition) is 4. The van der Waals surface area contributed by atoms with Gasteiger partial charge in [0, 0.05) is 49.3 Å². The monoisotopic (exact) mass is 424 g/mol. The fourth-order valence-electron chi connectivity index (χ4n) is 4.73. The third-order valence-corrected chi connectivity index (χ3v) is 6.88. The summed E-state index contributed by atoms with van der Waals surface area (Å²) in [6.45, 7) is 13.2. The molecule has 3 heterocycles. The third-order valence-electron chi connectivity index (χ3n) is 6.88. The molecule has 3 atom stereocenters. The van der Waals surface area contributed by atoms with Crippen molar-refractivity contribution in [3.8, 4) is 11.3 Å². The summed E-state index contributed by atoms with van der Waals surface area (Å²) in [5, 5.41) is 11.6. The lowest BCUT2D eigenvalue weighted by Gasteiger charge is -2.25. The predicted octanol–water partition coefficient (Wildman–Crippen LogP) is 4.38. The number of carbonyl (C=O) groups excluding carboxylic acids is 1. The van der Waals surface area contributed by atoms with Gasteiger partial charge in [0.25, 0.3) is 0 Å². The number of hydrogen-bond donors (Lipinski definition) is 2. The van der Waals surface area contributed by atoms with E-state index in [1.807, 2.05) is 6.92 Å². The first-order valence-corrected chi connectivity index (χ1v) is 11.6. The lowest BCUT2D eigenvalue weighted by molar-refractivity contribution is -0.122. The summed E-state index contributed by atoms with van der Waals surface area (Å²) in [5.41, 5.74) is 3.74. The lowest BCUT2D eigenvalue weighted by Crippen LogP contribution is -2.31. The maximum atomic E-state index is 11.9. The number of anilines is 1. The molecule has 2 aliphatic rings. The zero-order chi connectivity index (χ0) is 22.2. The van der Waals surface area contributed by atoms with Gasteiger partial charge in [-0.15, -0.1) is 0 Å². The number of ether oxygens (including phenoxy) is 1. The molecule has 2 saturated heterocycles. The summed E-state index contributed by atoms with van der Waals surface area (Å²) in [5.74, 6) is 1.30. The molecule has 4 rings (SSSR count). The fraction of sp³-hybridized carbons (Fsp3) is 0.600. The number of amides is 1. The maximum absolute atomic E-state index is 11.9. The van der Waals surface area contributed by atoms with Gasteiger partial charge in [-0.3, -0.25) is 9.48 Å². The Labute approximate surface area is 185 Å². The molecule has 1 aromatic carbocycles. The molecule has 0 radical (unpaired) electrons. The van der Waals surface area contributed by atoms with Gasteiger partial charge in [-0.25, -0.2) is 0 Å². The van der Waals surface area contributed by atoms with Crippen LogP contribution in [0.3, 0.4) is 0 Å². The molecule has 1 amide bonds. The second-order valence-electron chi connectivity index (χ2n) is 10.2. The van der Waals surface area contributed by atoms with E-state index in [-0.39, 0.29) is 29.2 Å². The van der Waals surface area contributed by atoms with E-state index < -0.39 is 0 Å². The van der Waals surface area contributed by atoms with Crippen molar-refractivity contribution in [1.82, 2.24) is 15.1 Å². The molecule has 6 heteroatoms. The van der Waals surface area contributed by atoms with Gasteiger partial charge < -0.3 is 15.4 Å². The highest BCUT2D eigenvalue weighted by Crippen LogP contribution is 2.33. The van der Waals surface area contributed by atoms with Crippen molar-refractivity contribution in [2.24, 2.45) is 11.8 Å². The highest BCUT2D eigenvalue weighted by molar-refractivity contribution is 5.81. The van der Waals surface area contributed by atoms with Crippen LogP contribution in [0.2, 0.25) is 0 Å². The molecular formula is C25H36N4O2. The standard InChI is InChI=1S/C25H36N4O2/c1-16-21(15-26-24(16)30)17(2)27-23-14-22(29(28-23)20-9-11-31-12-10-20)18-7-6-8-19(13-18)25(3,4)5/h6-8,13-14,16-17,20-21H,9-12,15H2,1-5H3,(H,26,30)(H,27,28)/t16-,17?,21+/m1/s1. The van der Waals surface area contributed by atoms with Crippen LogP contribution in [0.1, 0.15) is 59.1 Å². The molecule has 2 aromatic rings. The number of aromatic nitrogens is 2. The third kappa shape index (κ3) is 4.64. The minimum absolute atomic E-state index is 0.0167. The minimum Gasteiger partial charge on any atom is -0.381 e. The molecule has 0 spiro atoms. The molecule has 2 aliphatic heterocycles. The lowest BCUT2D eigenvalue weighted by atomic mass is 9.86. The van der Waals surface area contributed by atoms with Crippen LogP contribution in [0.5, 0.6) is 0 Å². The number of carbonyl (C=O) groups is 1. The fourth-order valence-corrected chi connectivity index (χ4v) is 4.73. The zero-order valence-corrected chi connectivity index (χ0v) is 19.4. The Morgan fingerprint density at radius 1 is 1.23 bits per heavy atom. The Balaban J connectivity index is 1.66. The largest absolute Gasteiger partial charge is 0.381 e. The molecule has 2 N–H and O–H groups in total. The summed E-state index contributed by atoms with van der Waals surface area (Å²) in [7, 11) is 0. The van der Waals surface area contributed by atoms with Gasteiger partial charge in [0.1, 0.15) is 5.82 Å². The number of nitrogens with one attached hydrogen (secondary N) is 2. The average molecular weight is 425 g/mol. The quantitative estimate of drug-likeness (QED) is 0.747. The molecule has 0 saturated carbocycles.